The maximum Gasteiger partial charge on any atom is 0.251 e. The first-order valence-corrected chi connectivity index (χ1v) is 8.91. The van der Waals surface area contributed by atoms with Crippen molar-refractivity contribution in [3.63, 3.8) is 0 Å². The van der Waals surface area contributed by atoms with E-state index in [2.05, 4.69) is 10.0 Å². The predicted octanol–water partition coefficient (Wildman–Crippen LogP) is 1.14. The van der Waals surface area contributed by atoms with E-state index >= 15 is 0 Å². The van der Waals surface area contributed by atoms with E-state index in [-0.39, 0.29) is 10.8 Å². The quantitative estimate of drug-likeness (QED) is 0.667. The third-order valence-electron chi connectivity index (χ3n) is 3.50. The van der Waals surface area contributed by atoms with E-state index in [4.69, 9.17) is 4.74 Å². The van der Waals surface area contributed by atoms with Crippen LogP contribution in [0.5, 0.6) is 0 Å². The Labute approximate surface area is 131 Å². The number of hydrogen-bond acceptors (Lipinski definition) is 4. The number of amides is 1. The summed E-state index contributed by atoms with van der Waals surface area (Å²) in [4.78, 5) is 12.0. The summed E-state index contributed by atoms with van der Waals surface area (Å²) in [5, 5.41) is 2.79. The molecule has 0 spiro atoms. The van der Waals surface area contributed by atoms with Gasteiger partial charge in [0.25, 0.3) is 5.91 Å². The molecule has 0 aromatic heterocycles. The Kier molecular flexibility index (Phi) is 5.93. The van der Waals surface area contributed by atoms with Gasteiger partial charge < -0.3 is 10.1 Å². The molecule has 1 saturated carbocycles. The van der Waals surface area contributed by atoms with Gasteiger partial charge in [-0.05, 0) is 56.5 Å². The highest BCUT2D eigenvalue weighted by molar-refractivity contribution is 7.89. The van der Waals surface area contributed by atoms with Gasteiger partial charge in [0.05, 0.1) is 4.90 Å². The maximum absolute atomic E-state index is 11.9. The summed E-state index contributed by atoms with van der Waals surface area (Å²) < 4.78 is 30.9. The third-order valence-corrected chi connectivity index (χ3v) is 4.93. The van der Waals surface area contributed by atoms with Gasteiger partial charge in [-0.1, -0.05) is 0 Å². The van der Waals surface area contributed by atoms with E-state index in [1.54, 1.807) is 0 Å². The fourth-order valence-electron chi connectivity index (χ4n) is 1.92. The van der Waals surface area contributed by atoms with Gasteiger partial charge in [-0.2, -0.15) is 0 Å². The number of ether oxygens (including phenoxy) is 1. The van der Waals surface area contributed by atoms with Gasteiger partial charge in [-0.25, -0.2) is 13.1 Å². The normalized spacial score (nSPS) is 14.8. The van der Waals surface area contributed by atoms with Crippen molar-refractivity contribution in [1.29, 1.82) is 0 Å². The van der Waals surface area contributed by atoms with Crippen LogP contribution in [0, 0.1) is 5.92 Å². The first-order chi connectivity index (χ1) is 10.5. The SMILES string of the molecule is CNS(=O)(=O)c1ccc(C(=O)NCCCOCC2CC2)cc1. The van der Waals surface area contributed by atoms with E-state index in [0.29, 0.717) is 18.7 Å². The molecule has 0 aliphatic heterocycles. The molecule has 1 amide bonds. The lowest BCUT2D eigenvalue weighted by atomic mass is 10.2. The van der Waals surface area contributed by atoms with Crippen LogP contribution < -0.4 is 10.0 Å². The summed E-state index contributed by atoms with van der Waals surface area (Å²) in [7, 11) is -2.12. The molecular formula is C15H22N2O4S. The lowest BCUT2D eigenvalue weighted by molar-refractivity contribution is 0.0937. The van der Waals surface area contributed by atoms with E-state index in [0.717, 1.165) is 18.9 Å². The molecule has 22 heavy (non-hydrogen) atoms. The summed E-state index contributed by atoms with van der Waals surface area (Å²) in [5.41, 5.74) is 0.439. The predicted molar refractivity (Wildman–Crippen MR) is 83.2 cm³/mol. The summed E-state index contributed by atoms with van der Waals surface area (Å²) in [6, 6.07) is 5.84. The number of carbonyl (C=O) groups is 1. The van der Waals surface area contributed by atoms with Crippen LogP contribution in [-0.2, 0) is 14.8 Å². The van der Waals surface area contributed by atoms with Gasteiger partial charge in [0.2, 0.25) is 10.0 Å². The number of rotatable bonds is 9. The van der Waals surface area contributed by atoms with Crippen molar-refractivity contribution in [3.8, 4) is 0 Å². The Morgan fingerprint density at radius 1 is 1.27 bits per heavy atom. The third kappa shape index (κ3) is 5.08. The van der Waals surface area contributed by atoms with Crippen molar-refractivity contribution in [2.24, 2.45) is 5.92 Å². The van der Waals surface area contributed by atoms with Gasteiger partial charge in [0, 0.05) is 25.3 Å². The Hall–Kier alpha value is -1.44. The summed E-state index contributed by atoms with van der Waals surface area (Å²) >= 11 is 0. The van der Waals surface area contributed by atoms with Crippen LogP contribution in [-0.4, -0.2) is 41.1 Å². The summed E-state index contributed by atoms with van der Waals surface area (Å²) in [5.74, 6) is 0.539. The van der Waals surface area contributed by atoms with Crippen molar-refractivity contribution in [1.82, 2.24) is 10.0 Å². The lowest BCUT2D eigenvalue weighted by Gasteiger charge is -2.07. The molecule has 1 aliphatic rings. The second-order valence-corrected chi connectivity index (χ2v) is 7.25. The molecule has 1 aromatic carbocycles. The van der Waals surface area contributed by atoms with Gasteiger partial charge >= 0.3 is 0 Å². The molecule has 0 atom stereocenters. The average Bonchev–Trinajstić information content (AvgIpc) is 3.35. The summed E-state index contributed by atoms with van der Waals surface area (Å²) in [6.45, 7) is 2.02. The van der Waals surface area contributed by atoms with E-state index in [1.807, 2.05) is 0 Å². The first-order valence-electron chi connectivity index (χ1n) is 7.42. The molecular weight excluding hydrogens is 304 g/mol. The number of benzene rings is 1. The molecule has 1 fully saturated rings. The van der Waals surface area contributed by atoms with Crippen molar-refractivity contribution in [2.75, 3.05) is 26.8 Å². The minimum absolute atomic E-state index is 0.139. The minimum atomic E-state index is -3.47. The largest absolute Gasteiger partial charge is 0.381 e. The van der Waals surface area contributed by atoms with Crippen LogP contribution in [0.4, 0.5) is 0 Å². The van der Waals surface area contributed by atoms with Crippen LogP contribution in [0.25, 0.3) is 0 Å². The number of nitrogens with one attached hydrogen (secondary N) is 2. The van der Waals surface area contributed by atoms with E-state index in [9.17, 15) is 13.2 Å². The fourth-order valence-corrected chi connectivity index (χ4v) is 2.65. The highest BCUT2D eigenvalue weighted by Crippen LogP contribution is 2.28. The molecule has 0 bridgehead atoms. The fraction of sp³-hybridized carbons (Fsp3) is 0.533. The first kappa shape index (κ1) is 16.9. The molecule has 7 heteroatoms. The van der Waals surface area contributed by atoms with Crippen LogP contribution in [0.1, 0.15) is 29.6 Å². The highest BCUT2D eigenvalue weighted by atomic mass is 32.2. The molecule has 6 nitrogen and oxygen atoms in total. The summed E-state index contributed by atoms with van der Waals surface area (Å²) in [6.07, 6.45) is 3.32. The Morgan fingerprint density at radius 3 is 2.55 bits per heavy atom. The standard InChI is InChI=1S/C15H22N2O4S/c1-16-22(19,20)14-7-5-13(6-8-14)15(18)17-9-2-10-21-11-12-3-4-12/h5-8,12,16H,2-4,9-11H2,1H3,(H,17,18). The number of hydrogen-bond donors (Lipinski definition) is 2. The molecule has 1 aromatic rings. The second-order valence-electron chi connectivity index (χ2n) is 5.36. The van der Waals surface area contributed by atoms with Crippen molar-refractivity contribution >= 4 is 15.9 Å². The molecule has 0 radical (unpaired) electrons. The zero-order valence-corrected chi connectivity index (χ0v) is 13.5. The zero-order chi connectivity index (χ0) is 16.0. The highest BCUT2D eigenvalue weighted by Gasteiger charge is 2.20. The van der Waals surface area contributed by atoms with E-state index in [1.165, 1.54) is 44.2 Å². The van der Waals surface area contributed by atoms with Crippen molar-refractivity contribution in [3.05, 3.63) is 29.8 Å². The number of carbonyl (C=O) groups excluding carboxylic acids is 1. The van der Waals surface area contributed by atoms with Crippen molar-refractivity contribution in [2.45, 2.75) is 24.2 Å². The zero-order valence-electron chi connectivity index (χ0n) is 12.7. The van der Waals surface area contributed by atoms with Crippen LogP contribution in [0.15, 0.2) is 29.2 Å². The second kappa shape index (κ2) is 7.71. The average molecular weight is 326 g/mol. The topological polar surface area (TPSA) is 84.5 Å². The Bertz CT molecular complexity index is 594. The van der Waals surface area contributed by atoms with Gasteiger partial charge in [-0.15, -0.1) is 0 Å². The smallest absolute Gasteiger partial charge is 0.251 e. The lowest BCUT2D eigenvalue weighted by Crippen LogP contribution is -2.25. The van der Waals surface area contributed by atoms with Crippen LogP contribution in [0.2, 0.25) is 0 Å². The van der Waals surface area contributed by atoms with Gasteiger partial charge in [-0.3, -0.25) is 4.79 Å². The molecule has 2 rings (SSSR count). The van der Waals surface area contributed by atoms with E-state index < -0.39 is 10.0 Å². The minimum Gasteiger partial charge on any atom is -0.381 e. The molecule has 1 aliphatic carbocycles. The molecule has 0 heterocycles. The maximum atomic E-state index is 11.9. The van der Waals surface area contributed by atoms with Gasteiger partial charge in [0.15, 0.2) is 0 Å². The molecule has 2 N–H and O–H groups in total. The van der Waals surface area contributed by atoms with Crippen LogP contribution in [0.3, 0.4) is 0 Å². The monoisotopic (exact) mass is 326 g/mol. The Balaban J connectivity index is 1.72. The Morgan fingerprint density at radius 2 is 1.95 bits per heavy atom. The molecule has 0 saturated heterocycles. The molecule has 0 unspecified atom stereocenters. The number of sulfonamides is 1. The van der Waals surface area contributed by atoms with Crippen LogP contribution >= 0.6 is 0 Å². The molecule has 122 valence electrons. The van der Waals surface area contributed by atoms with Crippen molar-refractivity contribution < 1.29 is 17.9 Å². The van der Waals surface area contributed by atoms with Gasteiger partial charge in [0.1, 0.15) is 0 Å².